The number of nitrogens with zero attached hydrogens (tertiary/aromatic N) is 2. The average Bonchev–Trinajstić information content (AvgIpc) is 2.77. The van der Waals surface area contributed by atoms with E-state index >= 15 is 0 Å². The molecule has 9 heteroatoms. The Hall–Kier alpha value is -2.78. The van der Waals surface area contributed by atoms with Crippen LogP contribution in [0.5, 0.6) is 0 Å². The van der Waals surface area contributed by atoms with E-state index in [4.69, 9.17) is 9.72 Å². The van der Waals surface area contributed by atoms with Crippen molar-refractivity contribution in [3.05, 3.63) is 63.5 Å². The zero-order chi connectivity index (χ0) is 23.9. The minimum atomic E-state index is -3.65. The van der Waals surface area contributed by atoms with Crippen LogP contribution >= 0.6 is 0 Å². The number of halogens is 1. The fourth-order valence-corrected chi connectivity index (χ4v) is 5.31. The number of ether oxygens (including phenoxy) is 1. The molecule has 2 heterocycles. The normalized spacial score (nSPS) is 16.2. The van der Waals surface area contributed by atoms with Gasteiger partial charge in [-0.3, -0.25) is 9.36 Å². The van der Waals surface area contributed by atoms with Crippen LogP contribution in [0.1, 0.15) is 48.7 Å². The van der Waals surface area contributed by atoms with Crippen molar-refractivity contribution in [3.63, 3.8) is 0 Å². The molecular weight excluding hydrogens is 445 g/mol. The molecule has 1 atom stereocenters. The van der Waals surface area contributed by atoms with Crippen molar-refractivity contribution in [1.82, 2.24) is 9.55 Å². The topological polar surface area (TPSA) is 90.3 Å². The van der Waals surface area contributed by atoms with Crippen LogP contribution < -0.4 is 10.9 Å². The molecule has 1 fully saturated rings. The van der Waals surface area contributed by atoms with Gasteiger partial charge in [0.05, 0.1) is 27.5 Å². The van der Waals surface area contributed by atoms with Gasteiger partial charge in [0, 0.05) is 38.0 Å². The molecule has 0 radical (unpaired) electrons. The fourth-order valence-electron chi connectivity index (χ4n) is 4.45. The van der Waals surface area contributed by atoms with E-state index in [2.05, 4.69) is 5.32 Å². The zero-order valence-electron chi connectivity index (χ0n) is 19.2. The molecule has 0 bridgehead atoms. The van der Waals surface area contributed by atoms with E-state index in [0.29, 0.717) is 29.8 Å². The molecule has 2 aromatic carbocycles. The predicted molar refractivity (Wildman–Crippen MR) is 126 cm³/mol. The number of rotatable bonds is 5. The van der Waals surface area contributed by atoms with Crippen LogP contribution in [0.15, 0.2) is 40.0 Å². The number of hydrogen-bond donors (Lipinski definition) is 1. The summed E-state index contributed by atoms with van der Waals surface area (Å²) in [5.74, 6) is 0.236. The number of anilines is 1. The average molecular weight is 474 g/mol. The molecule has 0 saturated carbocycles. The monoisotopic (exact) mass is 473 g/mol. The number of nitrogens with one attached hydrogen (secondary N) is 1. The first-order valence-corrected chi connectivity index (χ1v) is 12.8. The summed E-state index contributed by atoms with van der Waals surface area (Å²) in [7, 11) is -1.90. The van der Waals surface area contributed by atoms with Gasteiger partial charge < -0.3 is 10.1 Å². The molecule has 3 aromatic rings. The maximum atomic E-state index is 13.8. The molecule has 33 heavy (non-hydrogen) atoms. The summed E-state index contributed by atoms with van der Waals surface area (Å²) in [6, 6.07) is 7.03. The quantitative estimate of drug-likeness (QED) is 0.605. The van der Waals surface area contributed by atoms with Gasteiger partial charge in [-0.15, -0.1) is 0 Å². The van der Waals surface area contributed by atoms with E-state index in [-0.39, 0.29) is 22.4 Å². The molecule has 0 amide bonds. The standard InChI is InChI=1S/C24H28FN3O4S/c1-14-11-18(15(2)26-20-6-5-17(25)13-21(20)33(4,30)31)22-19(12-14)24(29)28(3)23(27-22)16-7-9-32-10-8-16/h5-6,11-13,15-16,26H,7-10H2,1-4H3. The summed E-state index contributed by atoms with van der Waals surface area (Å²) >= 11 is 0. The molecule has 0 spiro atoms. The highest BCUT2D eigenvalue weighted by Crippen LogP contribution is 2.31. The lowest BCUT2D eigenvalue weighted by Gasteiger charge is -2.25. The van der Waals surface area contributed by atoms with Gasteiger partial charge in [-0.1, -0.05) is 6.07 Å². The third-order valence-electron chi connectivity index (χ3n) is 6.16. The molecule has 176 valence electrons. The molecule has 1 aromatic heterocycles. The minimum absolute atomic E-state index is 0.113. The van der Waals surface area contributed by atoms with Crippen LogP contribution in [-0.4, -0.2) is 37.4 Å². The van der Waals surface area contributed by atoms with Gasteiger partial charge in [-0.25, -0.2) is 17.8 Å². The van der Waals surface area contributed by atoms with Gasteiger partial charge in [-0.2, -0.15) is 0 Å². The Balaban J connectivity index is 1.84. The first-order valence-electron chi connectivity index (χ1n) is 10.9. The Morgan fingerprint density at radius 2 is 1.91 bits per heavy atom. The van der Waals surface area contributed by atoms with Gasteiger partial charge in [-0.05, 0) is 56.5 Å². The minimum Gasteiger partial charge on any atom is -0.381 e. The Morgan fingerprint density at radius 3 is 2.58 bits per heavy atom. The Bertz CT molecular complexity index is 1380. The molecule has 1 aliphatic heterocycles. The largest absolute Gasteiger partial charge is 0.381 e. The van der Waals surface area contributed by atoms with E-state index in [1.165, 1.54) is 12.1 Å². The summed E-state index contributed by atoms with van der Waals surface area (Å²) < 4.78 is 45.3. The lowest BCUT2D eigenvalue weighted by atomic mass is 9.97. The second-order valence-corrected chi connectivity index (χ2v) is 10.7. The highest BCUT2D eigenvalue weighted by molar-refractivity contribution is 7.90. The van der Waals surface area contributed by atoms with Gasteiger partial charge >= 0.3 is 0 Å². The van der Waals surface area contributed by atoms with Crippen LogP contribution in [0, 0.1) is 12.7 Å². The third-order valence-corrected chi connectivity index (χ3v) is 7.29. The molecular formula is C24H28FN3O4S. The van der Waals surface area contributed by atoms with Crippen molar-refractivity contribution in [2.45, 2.75) is 43.5 Å². The summed E-state index contributed by atoms with van der Waals surface area (Å²) in [5, 5.41) is 3.71. The number of sulfone groups is 1. The van der Waals surface area contributed by atoms with Crippen LogP contribution in [0.4, 0.5) is 10.1 Å². The Labute approximate surface area is 192 Å². The van der Waals surface area contributed by atoms with Crippen LogP contribution in [0.3, 0.4) is 0 Å². The zero-order valence-corrected chi connectivity index (χ0v) is 20.0. The van der Waals surface area contributed by atoms with E-state index in [0.717, 1.165) is 42.1 Å². The number of fused-ring (bicyclic) bond motifs is 1. The molecule has 1 saturated heterocycles. The highest BCUT2D eigenvalue weighted by Gasteiger charge is 2.24. The second-order valence-electron chi connectivity index (χ2n) is 8.75. The first kappa shape index (κ1) is 23.4. The summed E-state index contributed by atoms with van der Waals surface area (Å²) in [6.07, 6.45) is 2.65. The maximum absolute atomic E-state index is 13.8. The fraction of sp³-hybridized carbons (Fsp3) is 0.417. The summed E-state index contributed by atoms with van der Waals surface area (Å²) in [4.78, 5) is 18.1. The number of aromatic nitrogens is 2. The van der Waals surface area contributed by atoms with Crippen molar-refractivity contribution in [2.24, 2.45) is 7.05 Å². The first-order chi connectivity index (χ1) is 15.6. The predicted octanol–water partition coefficient (Wildman–Crippen LogP) is 3.85. The summed E-state index contributed by atoms with van der Waals surface area (Å²) in [6.45, 7) is 5.05. The van der Waals surface area contributed by atoms with Gasteiger partial charge in [0.15, 0.2) is 9.84 Å². The second kappa shape index (κ2) is 8.87. The van der Waals surface area contributed by atoms with Gasteiger partial charge in [0.1, 0.15) is 11.6 Å². The number of benzene rings is 2. The van der Waals surface area contributed by atoms with Gasteiger partial charge in [0.25, 0.3) is 5.56 Å². The molecule has 7 nitrogen and oxygen atoms in total. The maximum Gasteiger partial charge on any atom is 0.261 e. The van der Waals surface area contributed by atoms with Crippen molar-refractivity contribution >= 4 is 26.4 Å². The van der Waals surface area contributed by atoms with E-state index in [9.17, 15) is 17.6 Å². The van der Waals surface area contributed by atoms with Crippen LogP contribution in [-0.2, 0) is 21.6 Å². The molecule has 1 N–H and O–H groups in total. The molecule has 1 aliphatic rings. The van der Waals surface area contributed by atoms with E-state index in [1.54, 1.807) is 11.6 Å². The number of hydrogen-bond acceptors (Lipinski definition) is 6. The smallest absolute Gasteiger partial charge is 0.261 e. The third kappa shape index (κ3) is 4.65. The van der Waals surface area contributed by atoms with Crippen LogP contribution in [0.2, 0.25) is 0 Å². The SMILES string of the molecule is Cc1cc(C(C)Nc2ccc(F)cc2S(C)(=O)=O)c2nc(C3CCOCC3)n(C)c(=O)c2c1. The molecule has 4 rings (SSSR count). The van der Waals surface area contributed by atoms with Gasteiger partial charge in [0.2, 0.25) is 0 Å². The van der Waals surface area contributed by atoms with Crippen molar-refractivity contribution in [1.29, 1.82) is 0 Å². The molecule has 1 unspecified atom stereocenters. The van der Waals surface area contributed by atoms with Crippen LogP contribution in [0.25, 0.3) is 10.9 Å². The summed E-state index contributed by atoms with van der Waals surface area (Å²) in [5.41, 5.74) is 2.45. The highest BCUT2D eigenvalue weighted by atomic mass is 32.2. The van der Waals surface area contributed by atoms with E-state index in [1.807, 2.05) is 26.0 Å². The lowest BCUT2D eigenvalue weighted by Crippen LogP contribution is -2.27. The van der Waals surface area contributed by atoms with Crippen molar-refractivity contribution < 1.29 is 17.5 Å². The van der Waals surface area contributed by atoms with E-state index < -0.39 is 15.7 Å². The molecule has 0 aliphatic carbocycles. The Morgan fingerprint density at radius 1 is 1.21 bits per heavy atom. The van der Waals surface area contributed by atoms with Crippen molar-refractivity contribution in [3.8, 4) is 0 Å². The van der Waals surface area contributed by atoms with Crippen molar-refractivity contribution in [2.75, 3.05) is 24.8 Å². The Kier molecular flexibility index (Phi) is 6.28. The number of aryl methyl sites for hydroxylation is 1. The lowest BCUT2D eigenvalue weighted by molar-refractivity contribution is 0.0828.